The monoisotopic (exact) mass is 546 g/mol. The summed E-state index contributed by atoms with van der Waals surface area (Å²) < 4.78 is 11.1. The molecule has 3 aromatic carbocycles. The van der Waals surface area contributed by atoms with E-state index in [2.05, 4.69) is 64.5 Å². The molecule has 4 rings (SSSR count). The van der Waals surface area contributed by atoms with Crippen molar-refractivity contribution in [2.45, 2.75) is 6.92 Å². The van der Waals surface area contributed by atoms with Crippen LogP contribution in [0.25, 0.3) is 11.1 Å². The average Bonchev–Trinajstić information content (AvgIpc) is 2.99. The Morgan fingerprint density at radius 2 is 1.34 bits per heavy atom. The van der Waals surface area contributed by atoms with Crippen molar-refractivity contribution in [2.24, 2.45) is 4.99 Å². The summed E-state index contributed by atoms with van der Waals surface area (Å²) in [6.45, 7) is 2.77. The molecular weight excluding hydrogens is 508 g/mol. The lowest BCUT2D eigenvalue weighted by Gasteiger charge is -2.15. The number of allylic oxidation sites excluding steroid dienone is 9. The molecule has 0 unspecified atom stereocenters. The summed E-state index contributed by atoms with van der Waals surface area (Å²) in [5.41, 5.74) is 21.7. The van der Waals surface area contributed by atoms with Gasteiger partial charge in [0, 0.05) is 26.3 Å². The lowest BCUT2D eigenvalue weighted by molar-refractivity contribution is 0.417. The Hall–Kier alpha value is -4.97. The molecule has 41 heavy (non-hydrogen) atoms. The van der Waals surface area contributed by atoms with Gasteiger partial charge in [-0.15, -0.1) is 0 Å². The largest absolute Gasteiger partial charge is 0.495 e. The number of anilines is 3. The number of methoxy groups -OCH3 is 2. The number of nitrogens with zero attached hydrogens (tertiary/aromatic N) is 2. The van der Waals surface area contributed by atoms with Gasteiger partial charge in [-0.1, -0.05) is 54.6 Å². The third-order valence-corrected chi connectivity index (χ3v) is 6.83. The Morgan fingerprint density at radius 3 is 1.90 bits per heavy atom. The summed E-state index contributed by atoms with van der Waals surface area (Å²) in [5.74, 6) is 1.28. The first-order chi connectivity index (χ1) is 19.8. The van der Waals surface area contributed by atoms with Gasteiger partial charge < -0.3 is 25.8 Å². The summed E-state index contributed by atoms with van der Waals surface area (Å²) in [6, 6.07) is 20.2. The molecule has 0 saturated heterocycles. The lowest BCUT2D eigenvalue weighted by Crippen LogP contribution is -2.08. The summed E-state index contributed by atoms with van der Waals surface area (Å²) in [5, 5.41) is 0. The number of nitrogens with two attached hydrogens (primary N) is 2. The minimum atomic E-state index is 0.595. The second-order valence-electron chi connectivity index (χ2n) is 9.73. The van der Waals surface area contributed by atoms with Crippen molar-refractivity contribution in [3.05, 3.63) is 125 Å². The Kier molecular flexibility index (Phi) is 9.48. The normalized spacial score (nSPS) is 13.0. The van der Waals surface area contributed by atoms with Crippen molar-refractivity contribution in [3.63, 3.8) is 0 Å². The van der Waals surface area contributed by atoms with Gasteiger partial charge in [0.2, 0.25) is 0 Å². The Bertz CT molecular complexity index is 1550. The molecule has 210 valence electrons. The van der Waals surface area contributed by atoms with E-state index in [0.717, 1.165) is 51.4 Å². The van der Waals surface area contributed by atoms with Crippen LogP contribution in [0.15, 0.2) is 114 Å². The first-order valence-corrected chi connectivity index (χ1v) is 13.5. The van der Waals surface area contributed by atoms with Crippen LogP contribution in [-0.4, -0.2) is 40.6 Å². The van der Waals surface area contributed by atoms with Gasteiger partial charge in [-0.25, -0.2) is 0 Å². The maximum Gasteiger partial charge on any atom is 0.142 e. The minimum absolute atomic E-state index is 0.595. The van der Waals surface area contributed by atoms with Crippen LogP contribution in [-0.2, 0) is 0 Å². The summed E-state index contributed by atoms with van der Waals surface area (Å²) in [4.78, 5) is 6.60. The van der Waals surface area contributed by atoms with E-state index in [4.69, 9.17) is 20.9 Å². The fraction of sp³-hybridized carbons (Fsp3) is 0.171. The quantitative estimate of drug-likeness (QED) is 0.224. The molecule has 0 radical (unpaired) electrons. The first kappa shape index (κ1) is 29.0. The van der Waals surface area contributed by atoms with Gasteiger partial charge in [-0.3, -0.25) is 4.99 Å². The lowest BCUT2D eigenvalue weighted by atomic mass is 9.94. The molecule has 0 atom stereocenters. The molecule has 0 bridgehead atoms. The SMILES string of the molecule is CCN=C1C=CC(=C(C=CC=C(c2ccc(N(C)C)cc2)c2ccc(N)c(OC)c2)c2ccc(N)c(OC)c2)C=C1. The molecular formula is C35H38N4O2. The van der Waals surface area contributed by atoms with Crippen molar-refractivity contribution in [1.82, 2.24) is 0 Å². The van der Waals surface area contributed by atoms with E-state index in [1.54, 1.807) is 14.2 Å². The molecule has 0 heterocycles. The van der Waals surface area contributed by atoms with E-state index in [0.29, 0.717) is 22.9 Å². The van der Waals surface area contributed by atoms with E-state index in [-0.39, 0.29) is 0 Å². The maximum absolute atomic E-state index is 6.13. The predicted octanol–water partition coefficient (Wildman–Crippen LogP) is 6.96. The van der Waals surface area contributed by atoms with Gasteiger partial charge in [0.25, 0.3) is 0 Å². The van der Waals surface area contributed by atoms with Crippen molar-refractivity contribution < 1.29 is 9.47 Å². The van der Waals surface area contributed by atoms with Gasteiger partial charge in [-0.05, 0) is 88.9 Å². The molecule has 0 spiro atoms. The summed E-state index contributed by atoms with van der Waals surface area (Å²) >= 11 is 0. The second kappa shape index (κ2) is 13.4. The van der Waals surface area contributed by atoms with Gasteiger partial charge in [0.05, 0.1) is 31.3 Å². The number of ether oxygens (including phenoxy) is 2. The van der Waals surface area contributed by atoms with Crippen molar-refractivity contribution in [1.29, 1.82) is 0 Å². The Balaban J connectivity index is 1.84. The van der Waals surface area contributed by atoms with Crippen molar-refractivity contribution in [2.75, 3.05) is 51.2 Å². The van der Waals surface area contributed by atoms with E-state index in [9.17, 15) is 0 Å². The number of nitrogen functional groups attached to an aromatic ring is 2. The number of hydrogen-bond acceptors (Lipinski definition) is 6. The van der Waals surface area contributed by atoms with E-state index >= 15 is 0 Å². The van der Waals surface area contributed by atoms with Crippen LogP contribution >= 0.6 is 0 Å². The highest BCUT2D eigenvalue weighted by Crippen LogP contribution is 2.33. The maximum atomic E-state index is 6.13. The van der Waals surface area contributed by atoms with Crippen LogP contribution in [0.2, 0.25) is 0 Å². The highest BCUT2D eigenvalue weighted by molar-refractivity contribution is 6.07. The van der Waals surface area contributed by atoms with Crippen LogP contribution in [0, 0.1) is 0 Å². The summed E-state index contributed by atoms with van der Waals surface area (Å²) in [6.07, 6.45) is 14.6. The summed E-state index contributed by atoms with van der Waals surface area (Å²) in [7, 11) is 7.33. The highest BCUT2D eigenvalue weighted by atomic mass is 16.5. The molecule has 1 aliphatic carbocycles. The minimum Gasteiger partial charge on any atom is -0.495 e. The van der Waals surface area contributed by atoms with Crippen molar-refractivity contribution in [3.8, 4) is 11.5 Å². The number of rotatable bonds is 9. The molecule has 0 aromatic heterocycles. The Labute approximate surface area is 243 Å². The zero-order valence-corrected chi connectivity index (χ0v) is 24.4. The van der Waals surface area contributed by atoms with Crippen LogP contribution in [0.1, 0.15) is 23.6 Å². The average molecular weight is 547 g/mol. The van der Waals surface area contributed by atoms with Gasteiger partial charge >= 0.3 is 0 Å². The molecule has 0 saturated carbocycles. The smallest absolute Gasteiger partial charge is 0.142 e. The molecule has 1 aliphatic rings. The first-order valence-electron chi connectivity index (χ1n) is 13.5. The van der Waals surface area contributed by atoms with Crippen LogP contribution in [0.4, 0.5) is 17.1 Å². The fourth-order valence-electron chi connectivity index (χ4n) is 4.58. The van der Waals surface area contributed by atoms with E-state index < -0.39 is 0 Å². The molecule has 0 fully saturated rings. The van der Waals surface area contributed by atoms with Gasteiger partial charge in [0.15, 0.2) is 0 Å². The predicted molar refractivity (Wildman–Crippen MR) is 175 cm³/mol. The fourth-order valence-corrected chi connectivity index (χ4v) is 4.58. The second-order valence-corrected chi connectivity index (χ2v) is 9.73. The van der Waals surface area contributed by atoms with Gasteiger partial charge in [0.1, 0.15) is 11.5 Å². The molecule has 6 heteroatoms. The third-order valence-electron chi connectivity index (χ3n) is 6.83. The highest BCUT2D eigenvalue weighted by Gasteiger charge is 2.11. The Morgan fingerprint density at radius 1 is 0.780 bits per heavy atom. The van der Waals surface area contributed by atoms with E-state index in [1.807, 2.05) is 69.6 Å². The number of hydrogen-bond donors (Lipinski definition) is 2. The zero-order valence-electron chi connectivity index (χ0n) is 24.4. The van der Waals surface area contributed by atoms with E-state index in [1.165, 1.54) is 0 Å². The van der Waals surface area contributed by atoms with Crippen LogP contribution in [0.3, 0.4) is 0 Å². The zero-order chi connectivity index (χ0) is 29.4. The van der Waals surface area contributed by atoms with Crippen molar-refractivity contribution >= 4 is 33.9 Å². The topological polar surface area (TPSA) is 86.1 Å². The molecule has 0 amide bonds. The molecule has 0 aliphatic heterocycles. The molecule has 4 N–H and O–H groups in total. The standard InChI is InChI=1S/C35H38N4O2/c1-6-38-28-16-10-24(11-17-28)30(26-14-20-32(36)34(22-26)40-4)8-7-9-31(25-12-18-29(19-13-25)39(2)3)27-15-21-33(37)35(23-27)41-5/h7-23H,6,36-37H2,1-5H3. The van der Waals surface area contributed by atoms with Crippen LogP contribution in [0.5, 0.6) is 11.5 Å². The van der Waals surface area contributed by atoms with Gasteiger partial charge in [-0.2, -0.15) is 0 Å². The third kappa shape index (κ3) is 6.97. The number of aliphatic imine (C=N–C) groups is 1. The van der Waals surface area contributed by atoms with Crippen LogP contribution < -0.4 is 25.8 Å². The number of benzene rings is 3. The molecule has 6 nitrogen and oxygen atoms in total. The molecule has 3 aromatic rings.